The van der Waals surface area contributed by atoms with Crippen LogP contribution in [0.5, 0.6) is 0 Å². The van der Waals surface area contributed by atoms with Crippen molar-refractivity contribution < 1.29 is 9.18 Å². The second-order valence-corrected chi connectivity index (χ2v) is 5.18. The van der Waals surface area contributed by atoms with Crippen LogP contribution in [0.3, 0.4) is 0 Å². The predicted molar refractivity (Wildman–Crippen MR) is 72.5 cm³/mol. The lowest BCUT2D eigenvalue weighted by atomic mass is 10.0. The van der Waals surface area contributed by atoms with E-state index in [4.69, 9.17) is 0 Å². The third-order valence-corrected chi connectivity index (χ3v) is 3.90. The normalized spacial score (nSPS) is 10.7. The summed E-state index contributed by atoms with van der Waals surface area (Å²) < 4.78 is 13.8. The van der Waals surface area contributed by atoms with Crippen molar-refractivity contribution in [1.82, 2.24) is 4.98 Å². The minimum Gasteiger partial charge on any atom is -0.356 e. The molecule has 1 aromatic carbocycles. The summed E-state index contributed by atoms with van der Waals surface area (Å²) in [7, 11) is 0. The third-order valence-electron chi connectivity index (χ3n) is 3.21. The standard InChI is InChI=1S/C14H13BrFNO/c1-7-8(2)13(17-9(7)3)14(18)11-6-10(16)4-5-12(11)15/h4-6,17H,1-3H3. The van der Waals surface area contributed by atoms with Crippen LogP contribution in [0.4, 0.5) is 4.39 Å². The summed E-state index contributed by atoms with van der Waals surface area (Å²) in [4.78, 5) is 15.4. The van der Waals surface area contributed by atoms with Gasteiger partial charge < -0.3 is 4.98 Å². The molecule has 0 aliphatic carbocycles. The topological polar surface area (TPSA) is 32.9 Å². The van der Waals surface area contributed by atoms with E-state index in [1.165, 1.54) is 12.1 Å². The van der Waals surface area contributed by atoms with E-state index < -0.39 is 5.82 Å². The van der Waals surface area contributed by atoms with E-state index in [1.807, 2.05) is 20.8 Å². The van der Waals surface area contributed by atoms with E-state index in [1.54, 1.807) is 6.07 Å². The number of hydrogen-bond donors (Lipinski definition) is 1. The first kappa shape index (κ1) is 13.0. The van der Waals surface area contributed by atoms with Gasteiger partial charge in [0.15, 0.2) is 0 Å². The van der Waals surface area contributed by atoms with Gasteiger partial charge in [0.1, 0.15) is 5.82 Å². The van der Waals surface area contributed by atoms with Gasteiger partial charge in [0, 0.05) is 15.7 Å². The van der Waals surface area contributed by atoms with Crippen LogP contribution < -0.4 is 0 Å². The van der Waals surface area contributed by atoms with Gasteiger partial charge in [-0.3, -0.25) is 4.79 Å². The quantitative estimate of drug-likeness (QED) is 0.833. The summed E-state index contributed by atoms with van der Waals surface area (Å²) >= 11 is 3.28. The summed E-state index contributed by atoms with van der Waals surface area (Å²) in [6, 6.07) is 4.11. The molecule has 18 heavy (non-hydrogen) atoms. The molecule has 0 atom stereocenters. The minimum absolute atomic E-state index is 0.199. The highest BCUT2D eigenvalue weighted by atomic mass is 79.9. The highest BCUT2D eigenvalue weighted by Crippen LogP contribution is 2.24. The fraction of sp³-hybridized carbons (Fsp3) is 0.214. The van der Waals surface area contributed by atoms with Gasteiger partial charge in [0.25, 0.3) is 0 Å². The molecule has 1 aromatic heterocycles. The lowest BCUT2D eigenvalue weighted by Gasteiger charge is -2.04. The smallest absolute Gasteiger partial charge is 0.210 e. The number of aromatic nitrogens is 1. The number of nitrogens with one attached hydrogen (secondary N) is 1. The molecule has 0 spiro atoms. The van der Waals surface area contributed by atoms with Crippen LogP contribution in [-0.2, 0) is 0 Å². The van der Waals surface area contributed by atoms with E-state index in [2.05, 4.69) is 20.9 Å². The van der Waals surface area contributed by atoms with E-state index >= 15 is 0 Å². The van der Waals surface area contributed by atoms with Crippen molar-refractivity contribution in [3.8, 4) is 0 Å². The number of carbonyl (C=O) groups is 1. The van der Waals surface area contributed by atoms with Gasteiger partial charge in [-0.1, -0.05) is 15.9 Å². The van der Waals surface area contributed by atoms with Crippen molar-refractivity contribution in [2.45, 2.75) is 20.8 Å². The largest absolute Gasteiger partial charge is 0.356 e. The number of halogens is 2. The highest BCUT2D eigenvalue weighted by molar-refractivity contribution is 9.10. The molecule has 2 rings (SSSR count). The summed E-state index contributed by atoms with van der Waals surface area (Å²) in [5.74, 6) is -0.616. The predicted octanol–water partition coefficient (Wildman–Crippen LogP) is 4.07. The molecule has 0 amide bonds. The van der Waals surface area contributed by atoms with Crippen LogP contribution in [-0.4, -0.2) is 10.8 Å². The Labute approximate surface area is 113 Å². The van der Waals surface area contributed by atoms with Gasteiger partial charge in [-0.25, -0.2) is 4.39 Å². The van der Waals surface area contributed by atoms with Crippen molar-refractivity contribution in [3.63, 3.8) is 0 Å². The Morgan fingerprint density at radius 1 is 1.22 bits per heavy atom. The average Bonchev–Trinajstić information content (AvgIpc) is 2.59. The highest BCUT2D eigenvalue weighted by Gasteiger charge is 2.19. The van der Waals surface area contributed by atoms with E-state index in [0.29, 0.717) is 15.7 Å². The van der Waals surface area contributed by atoms with Gasteiger partial charge in [-0.15, -0.1) is 0 Å². The third kappa shape index (κ3) is 2.12. The lowest BCUT2D eigenvalue weighted by molar-refractivity contribution is 0.103. The number of benzene rings is 1. The zero-order chi connectivity index (χ0) is 13.4. The van der Waals surface area contributed by atoms with Crippen molar-refractivity contribution in [3.05, 3.63) is 56.6 Å². The number of aryl methyl sites for hydroxylation is 1. The molecule has 0 aliphatic heterocycles. The summed E-state index contributed by atoms with van der Waals surface area (Å²) in [5.41, 5.74) is 3.79. The number of carbonyl (C=O) groups excluding carboxylic acids is 1. The van der Waals surface area contributed by atoms with E-state index in [-0.39, 0.29) is 5.78 Å². The molecule has 0 saturated heterocycles. The molecule has 0 fully saturated rings. The van der Waals surface area contributed by atoms with E-state index in [9.17, 15) is 9.18 Å². The first-order valence-electron chi connectivity index (χ1n) is 5.57. The Balaban J connectivity index is 2.54. The zero-order valence-electron chi connectivity index (χ0n) is 10.4. The Kier molecular flexibility index (Phi) is 3.39. The summed E-state index contributed by atoms with van der Waals surface area (Å²) in [5, 5.41) is 0. The van der Waals surface area contributed by atoms with Gasteiger partial charge in [-0.05, 0) is 50.1 Å². The van der Waals surface area contributed by atoms with Gasteiger partial charge >= 0.3 is 0 Å². The zero-order valence-corrected chi connectivity index (χ0v) is 12.0. The van der Waals surface area contributed by atoms with Crippen molar-refractivity contribution in [2.75, 3.05) is 0 Å². The first-order valence-corrected chi connectivity index (χ1v) is 6.36. The SMILES string of the molecule is Cc1[nH]c(C(=O)c2cc(F)ccc2Br)c(C)c1C. The molecule has 1 N–H and O–H groups in total. The molecule has 0 saturated carbocycles. The molecule has 0 bridgehead atoms. The molecule has 0 aliphatic rings. The maximum atomic E-state index is 13.2. The molecule has 2 aromatic rings. The van der Waals surface area contributed by atoms with Gasteiger partial charge in [-0.2, -0.15) is 0 Å². The summed E-state index contributed by atoms with van der Waals surface area (Å²) in [6.07, 6.45) is 0. The second-order valence-electron chi connectivity index (χ2n) is 4.33. The number of ketones is 1. The van der Waals surface area contributed by atoms with Crippen LogP contribution in [0.1, 0.15) is 32.9 Å². The van der Waals surface area contributed by atoms with Crippen LogP contribution >= 0.6 is 15.9 Å². The van der Waals surface area contributed by atoms with Gasteiger partial charge in [0.2, 0.25) is 5.78 Å². The lowest BCUT2D eigenvalue weighted by Crippen LogP contribution is -2.05. The fourth-order valence-corrected chi connectivity index (χ4v) is 2.30. The van der Waals surface area contributed by atoms with Crippen LogP contribution in [0.15, 0.2) is 22.7 Å². The molecular formula is C14H13BrFNO. The molecule has 94 valence electrons. The number of H-pyrrole nitrogens is 1. The summed E-state index contributed by atoms with van der Waals surface area (Å²) in [6.45, 7) is 5.76. The molecule has 0 radical (unpaired) electrons. The number of rotatable bonds is 2. The molecule has 2 nitrogen and oxygen atoms in total. The van der Waals surface area contributed by atoms with Gasteiger partial charge in [0.05, 0.1) is 5.69 Å². The van der Waals surface area contributed by atoms with Crippen molar-refractivity contribution in [2.24, 2.45) is 0 Å². The maximum absolute atomic E-state index is 13.2. The Morgan fingerprint density at radius 2 is 1.89 bits per heavy atom. The fourth-order valence-electron chi connectivity index (χ4n) is 1.88. The average molecular weight is 310 g/mol. The van der Waals surface area contributed by atoms with Crippen molar-refractivity contribution >= 4 is 21.7 Å². The Morgan fingerprint density at radius 3 is 2.44 bits per heavy atom. The maximum Gasteiger partial charge on any atom is 0.210 e. The second kappa shape index (κ2) is 4.69. The number of aromatic amines is 1. The molecule has 4 heteroatoms. The monoisotopic (exact) mass is 309 g/mol. The van der Waals surface area contributed by atoms with Crippen LogP contribution in [0, 0.1) is 26.6 Å². The van der Waals surface area contributed by atoms with Crippen LogP contribution in [0.2, 0.25) is 0 Å². The van der Waals surface area contributed by atoms with Crippen LogP contribution in [0.25, 0.3) is 0 Å². The van der Waals surface area contributed by atoms with E-state index in [0.717, 1.165) is 16.8 Å². The molecular weight excluding hydrogens is 297 g/mol. The minimum atomic E-state index is -0.417. The molecule has 1 heterocycles. The molecule has 0 unspecified atom stereocenters. The Bertz CT molecular complexity index is 631. The Hall–Kier alpha value is -1.42. The van der Waals surface area contributed by atoms with Crippen molar-refractivity contribution in [1.29, 1.82) is 0 Å². The first-order chi connectivity index (χ1) is 8.41. The number of hydrogen-bond acceptors (Lipinski definition) is 1.